The third-order valence-corrected chi connectivity index (χ3v) is 4.64. The van der Waals surface area contributed by atoms with E-state index in [9.17, 15) is 4.39 Å². The van der Waals surface area contributed by atoms with Gasteiger partial charge < -0.3 is 10.2 Å². The van der Waals surface area contributed by atoms with Crippen molar-refractivity contribution < 1.29 is 4.39 Å². The van der Waals surface area contributed by atoms with E-state index in [4.69, 9.17) is 23.2 Å². The fourth-order valence-corrected chi connectivity index (χ4v) is 3.52. The van der Waals surface area contributed by atoms with Crippen molar-refractivity contribution in [2.75, 3.05) is 19.6 Å². The Kier molecular flexibility index (Phi) is 6.30. The Morgan fingerprint density at radius 1 is 1.14 bits per heavy atom. The summed E-state index contributed by atoms with van der Waals surface area (Å²) in [6, 6.07) is 3.22. The van der Waals surface area contributed by atoms with E-state index in [2.05, 4.69) is 17.1 Å². The highest BCUT2D eigenvalue weighted by molar-refractivity contribution is 6.35. The minimum Gasteiger partial charge on any atom is -0.306 e. The summed E-state index contributed by atoms with van der Waals surface area (Å²) < 4.78 is 13.6. The Labute approximate surface area is 136 Å². The van der Waals surface area contributed by atoms with Gasteiger partial charge in [0, 0.05) is 23.7 Å². The molecular formula is C16H23Cl2FN2. The van der Waals surface area contributed by atoms with Gasteiger partial charge in [-0.15, -0.1) is 0 Å². The van der Waals surface area contributed by atoms with E-state index in [1.165, 1.54) is 44.5 Å². The van der Waals surface area contributed by atoms with Gasteiger partial charge in [0.15, 0.2) is 0 Å². The van der Waals surface area contributed by atoms with Crippen molar-refractivity contribution >= 4 is 23.2 Å². The molecule has 0 bridgehead atoms. The second kappa shape index (κ2) is 7.77. The molecule has 2 atom stereocenters. The average Bonchev–Trinajstić information content (AvgIpc) is 2.43. The second-order valence-electron chi connectivity index (χ2n) is 5.94. The Morgan fingerprint density at radius 2 is 1.81 bits per heavy atom. The van der Waals surface area contributed by atoms with Crippen LogP contribution in [0, 0.1) is 5.82 Å². The van der Waals surface area contributed by atoms with Crippen molar-refractivity contribution in [1.29, 1.82) is 0 Å². The summed E-state index contributed by atoms with van der Waals surface area (Å²) in [4.78, 5) is 2.48. The number of halogens is 3. The lowest BCUT2D eigenvalue weighted by molar-refractivity contribution is 0.205. The number of benzene rings is 1. The van der Waals surface area contributed by atoms with E-state index in [-0.39, 0.29) is 11.1 Å². The number of hydrogen-bond acceptors (Lipinski definition) is 2. The van der Waals surface area contributed by atoms with Crippen LogP contribution < -0.4 is 5.32 Å². The number of hydrogen-bond donors (Lipinski definition) is 1. The molecule has 1 fully saturated rings. The summed E-state index contributed by atoms with van der Waals surface area (Å²) in [5, 5.41) is 4.07. The maximum Gasteiger partial charge on any atom is 0.142 e. The SMILES string of the molecule is CC(CN1CCCCC1)NC(C)c1cc(F)c(Cl)cc1Cl. The summed E-state index contributed by atoms with van der Waals surface area (Å²) in [5.41, 5.74) is 0.754. The van der Waals surface area contributed by atoms with E-state index in [1.807, 2.05) is 6.92 Å². The molecule has 1 aliphatic heterocycles. The zero-order valence-corrected chi connectivity index (χ0v) is 14.1. The molecule has 0 aliphatic carbocycles. The Bertz CT molecular complexity index is 476. The highest BCUT2D eigenvalue weighted by Crippen LogP contribution is 2.28. The van der Waals surface area contributed by atoms with Crippen LogP contribution in [0.1, 0.15) is 44.7 Å². The third kappa shape index (κ3) is 4.82. The van der Waals surface area contributed by atoms with Gasteiger partial charge in [0.1, 0.15) is 5.82 Å². The van der Waals surface area contributed by atoms with Crippen molar-refractivity contribution in [2.24, 2.45) is 0 Å². The van der Waals surface area contributed by atoms with Crippen LogP contribution in [0.4, 0.5) is 4.39 Å². The number of piperidine rings is 1. The molecule has 1 saturated heterocycles. The van der Waals surface area contributed by atoms with E-state index in [0.29, 0.717) is 11.1 Å². The Hall–Kier alpha value is -0.350. The number of likely N-dealkylation sites (tertiary alicyclic amines) is 1. The number of nitrogens with one attached hydrogen (secondary N) is 1. The van der Waals surface area contributed by atoms with Gasteiger partial charge >= 0.3 is 0 Å². The molecule has 2 rings (SSSR count). The highest BCUT2D eigenvalue weighted by atomic mass is 35.5. The van der Waals surface area contributed by atoms with Crippen LogP contribution in [0.5, 0.6) is 0 Å². The molecule has 0 saturated carbocycles. The third-order valence-electron chi connectivity index (χ3n) is 4.02. The smallest absolute Gasteiger partial charge is 0.142 e. The predicted molar refractivity (Wildman–Crippen MR) is 87.7 cm³/mol. The summed E-state index contributed by atoms with van der Waals surface area (Å²) in [7, 11) is 0. The van der Waals surface area contributed by atoms with Crippen LogP contribution in [-0.2, 0) is 0 Å². The van der Waals surface area contributed by atoms with Crippen LogP contribution >= 0.6 is 23.2 Å². The zero-order valence-electron chi connectivity index (χ0n) is 12.6. The molecule has 0 amide bonds. The first-order chi connectivity index (χ1) is 9.97. The molecule has 2 unspecified atom stereocenters. The maximum absolute atomic E-state index is 13.6. The van der Waals surface area contributed by atoms with Gasteiger partial charge in [-0.05, 0) is 57.5 Å². The molecule has 0 spiro atoms. The van der Waals surface area contributed by atoms with E-state index in [1.54, 1.807) is 0 Å². The zero-order chi connectivity index (χ0) is 15.4. The monoisotopic (exact) mass is 332 g/mol. The molecule has 1 aliphatic rings. The fourth-order valence-electron chi connectivity index (χ4n) is 2.97. The average molecular weight is 333 g/mol. The minimum absolute atomic E-state index is 0.0101. The number of rotatable bonds is 5. The van der Waals surface area contributed by atoms with Gasteiger partial charge in [-0.1, -0.05) is 29.6 Å². The Balaban J connectivity index is 1.93. The van der Waals surface area contributed by atoms with Crippen molar-refractivity contribution in [3.63, 3.8) is 0 Å². The normalized spacial score (nSPS) is 19.5. The van der Waals surface area contributed by atoms with Gasteiger partial charge in [-0.3, -0.25) is 0 Å². The van der Waals surface area contributed by atoms with Crippen molar-refractivity contribution in [1.82, 2.24) is 10.2 Å². The molecule has 0 radical (unpaired) electrons. The van der Waals surface area contributed by atoms with Crippen LogP contribution in [0.3, 0.4) is 0 Å². The van der Waals surface area contributed by atoms with E-state index in [0.717, 1.165) is 12.1 Å². The van der Waals surface area contributed by atoms with Crippen molar-refractivity contribution in [3.05, 3.63) is 33.6 Å². The van der Waals surface area contributed by atoms with Gasteiger partial charge in [-0.2, -0.15) is 0 Å². The maximum atomic E-state index is 13.6. The molecule has 1 heterocycles. The van der Waals surface area contributed by atoms with Crippen LogP contribution in [0.25, 0.3) is 0 Å². The molecule has 118 valence electrons. The molecule has 0 aromatic heterocycles. The van der Waals surface area contributed by atoms with Gasteiger partial charge in [0.05, 0.1) is 5.02 Å². The Morgan fingerprint density at radius 3 is 2.48 bits per heavy atom. The summed E-state index contributed by atoms with van der Waals surface area (Å²) >= 11 is 11.9. The topological polar surface area (TPSA) is 15.3 Å². The van der Waals surface area contributed by atoms with Crippen LogP contribution in [0.15, 0.2) is 12.1 Å². The van der Waals surface area contributed by atoms with Crippen molar-refractivity contribution in [2.45, 2.75) is 45.2 Å². The molecular weight excluding hydrogens is 310 g/mol. The first kappa shape index (κ1) is 17.0. The van der Waals surface area contributed by atoms with Crippen molar-refractivity contribution in [3.8, 4) is 0 Å². The summed E-state index contributed by atoms with van der Waals surface area (Å²) in [6.07, 6.45) is 3.92. The molecule has 1 aromatic rings. The highest BCUT2D eigenvalue weighted by Gasteiger charge is 2.18. The van der Waals surface area contributed by atoms with Crippen LogP contribution in [-0.4, -0.2) is 30.6 Å². The fraction of sp³-hybridized carbons (Fsp3) is 0.625. The molecule has 2 nitrogen and oxygen atoms in total. The van der Waals surface area contributed by atoms with E-state index >= 15 is 0 Å². The minimum atomic E-state index is -0.423. The summed E-state index contributed by atoms with van der Waals surface area (Å²) in [6.45, 7) is 7.53. The van der Waals surface area contributed by atoms with Crippen LogP contribution in [0.2, 0.25) is 10.0 Å². The first-order valence-electron chi connectivity index (χ1n) is 7.60. The first-order valence-corrected chi connectivity index (χ1v) is 8.36. The quantitative estimate of drug-likeness (QED) is 0.789. The molecule has 5 heteroatoms. The molecule has 1 N–H and O–H groups in total. The standard InChI is InChI=1S/C16H23Cl2FN2/c1-11(10-21-6-4-3-5-7-21)20-12(2)13-8-16(19)15(18)9-14(13)17/h8-9,11-12,20H,3-7,10H2,1-2H3. The summed E-state index contributed by atoms with van der Waals surface area (Å²) in [5.74, 6) is -0.423. The molecule has 1 aromatic carbocycles. The lowest BCUT2D eigenvalue weighted by Crippen LogP contribution is -2.42. The van der Waals surface area contributed by atoms with E-state index < -0.39 is 5.82 Å². The van der Waals surface area contributed by atoms with Gasteiger partial charge in [0.2, 0.25) is 0 Å². The second-order valence-corrected chi connectivity index (χ2v) is 6.75. The van der Waals surface area contributed by atoms with Gasteiger partial charge in [0.25, 0.3) is 0 Å². The largest absolute Gasteiger partial charge is 0.306 e. The molecule has 21 heavy (non-hydrogen) atoms. The lowest BCUT2D eigenvalue weighted by Gasteiger charge is -2.31. The van der Waals surface area contributed by atoms with Gasteiger partial charge in [-0.25, -0.2) is 4.39 Å². The number of nitrogens with zero attached hydrogens (tertiary/aromatic N) is 1. The lowest BCUT2D eigenvalue weighted by atomic mass is 10.1. The predicted octanol–water partition coefficient (Wildman–Crippen LogP) is 4.66.